The number of amides is 1. The Bertz CT molecular complexity index is 1250. The largest absolute Gasteiger partial charge is 0.460 e. The normalized spacial score (nSPS) is 15.0. The Morgan fingerprint density at radius 3 is 2.16 bits per heavy atom. The van der Waals surface area contributed by atoms with Gasteiger partial charge in [-0.3, -0.25) is 4.79 Å². The van der Waals surface area contributed by atoms with Crippen LogP contribution in [-0.2, 0) is 11.2 Å². The zero-order valence-electron chi connectivity index (χ0n) is 16.9. The molecule has 1 atom stereocenters. The van der Waals surface area contributed by atoms with Gasteiger partial charge in [-0.2, -0.15) is 0 Å². The smallest absolute Gasteiger partial charge is 0.338 e. The minimum atomic E-state index is -0.381. The van der Waals surface area contributed by atoms with Gasteiger partial charge in [-0.05, 0) is 41.6 Å². The first-order chi connectivity index (χ1) is 15.2. The molecule has 1 aliphatic heterocycles. The molecule has 4 aromatic rings. The molecule has 1 heterocycles. The average molecular weight is 407 g/mol. The Morgan fingerprint density at radius 1 is 0.774 bits per heavy atom. The van der Waals surface area contributed by atoms with Crippen molar-refractivity contribution in [3.8, 4) is 0 Å². The molecule has 0 spiro atoms. The predicted octanol–water partition coefficient (Wildman–Crippen LogP) is 5.27. The molecule has 152 valence electrons. The number of benzene rings is 4. The Kier molecular flexibility index (Phi) is 4.97. The fraction of sp³-hybridized carbons (Fsp3) is 0.111. The maximum absolute atomic E-state index is 13.6. The van der Waals surface area contributed by atoms with Crippen molar-refractivity contribution in [3.05, 3.63) is 114 Å². The minimum Gasteiger partial charge on any atom is -0.460 e. The number of anilines is 1. The number of esters is 1. The highest BCUT2D eigenvalue weighted by Gasteiger charge is 2.36. The van der Waals surface area contributed by atoms with Crippen molar-refractivity contribution in [3.63, 3.8) is 0 Å². The van der Waals surface area contributed by atoms with Gasteiger partial charge < -0.3 is 9.64 Å². The first-order valence-corrected chi connectivity index (χ1v) is 10.3. The summed E-state index contributed by atoms with van der Waals surface area (Å²) in [7, 11) is 0. The number of hydrogen-bond acceptors (Lipinski definition) is 3. The van der Waals surface area contributed by atoms with Crippen molar-refractivity contribution in [2.24, 2.45) is 0 Å². The SMILES string of the molecule is O=C(OCC1Cc2ccc3ccccc3c2N1C(=O)c1ccccc1)c1ccccc1. The summed E-state index contributed by atoms with van der Waals surface area (Å²) in [5, 5.41) is 2.11. The summed E-state index contributed by atoms with van der Waals surface area (Å²) in [6.07, 6.45) is 0.640. The first-order valence-electron chi connectivity index (χ1n) is 10.3. The quantitative estimate of drug-likeness (QED) is 0.433. The molecule has 0 bridgehead atoms. The lowest BCUT2D eigenvalue weighted by Crippen LogP contribution is -2.41. The van der Waals surface area contributed by atoms with Crippen LogP contribution in [0, 0.1) is 0 Å². The fourth-order valence-corrected chi connectivity index (χ4v) is 4.23. The predicted molar refractivity (Wildman–Crippen MR) is 121 cm³/mol. The number of nitrogens with zero attached hydrogens (tertiary/aromatic N) is 1. The molecule has 0 aliphatic carbocycles. The van der Waals surface area contributed by atoms with Crippen molar-refractivity contribution in [1.29, 1.82) is 0 Å². The Balaban J connectivity index is 1.50. The monoisotopic (exact) mass is 407 g/mol. The topological polar surface area (TPSA) is 46.6 Å². The van der Waals surface area contributed by atoms with E-state index in [-0.39, 0.29) is 24.5 Å². The van der Waals surface area contributed by atoms with E-state index in [0.717, 1.165) is 22.0 Å². The van der Waals surface area contributed by atoms with E-state index in [2.05, 4.69) is 12.1 Å². The second-order valence-electron chi connectivity index (χ2n) is 7.66. The molecule has 4 aromatic carbocycles. The summed E-state index contributed by atoms with van der Waals surface area (Å²) in [4.78, 5) is 27.9. The molecular weight excluding hydrogens is 386 g/mol. The lowest BCUT2D eigenvalue weighted by Gasteiger charge is -2.26. The van der Waals surface area contributed by atoms with Crippen LogP contribution in [0.3, 0.4) is 0 Å². The molecule has 1 aliphatic rings. The Morgan fingerprint density at radius 2 is 1.42 bits per heavy atom. The van der Waals surface area contributed by atoms with Gasteiger partial charge in [-0.15, -0.1) is 0 Å². The van der Waals surface area contributed by atoms with Crippen LogP contribution in [0.5, 0.6) is 0 Å². The summed E-state index contributed by atoms with van der Waals surface area (Å²) in [6, 6.07) is 30.1. The van der Waals surface area contributed by atoms with E-state index in [4.69, 9.17) is 4.74 Å². The van der Waals surface area contributed by atoms with Crippen molar-refractivity contribution in [1.82, 2.24) is 0 Å². The highest BCUT2D eigenvalue weighted by molar-refractivity contribution is 6.13. The van der Waals surface area contributed by atoms with E-state index in [0.29, 0.717) is 17.5 Å². The number of ether oxygens (including phenoxy) is 1. The third-order valence-electron chi connectivity index (χ3n) is 5.70. The summed E-state index contributed by atoms with van der Waals surface area (Å²) >= 11 is 0. The minimum absolute atomic E-state index is 0.0866. The molecule has 0 aromatic heterocycles. The van der Waals surface area contributed by atoms with Gasteiger partial charge in [-0.1, -0.05) is 72.8 Å². The van der Waals surface area contributed by atoms with E-state index in [1.807, 2.05) is 65.6 Å². The maximum Gasteiger partial charge on any atom is 0.338 e. The number of rotatable bonds is 4. The van der Waals surface area contributed by atoms with Crippen LogP contribution in [0.4, 0.5) is 5.69 Å². The van der Waals surface area contributed by atoms with Gasteiger partial charge in [0.2, 0.25) is 0 Å². The van der Waals surface area contributed by atoms with Gasteiger partial charge in [0, 0.05) is 10.9 Å². The molecular formula is C27H21NO3. The van der Waals surface area contributed by atoms with E-state index >= 15 is 0 Å². The number of carbonyl (C=O) groups excluding carboxylic acids is 2. The van der Waals surface area contributed by atoms with Crippen molar-refractivity contribution in [2.75, 3.05) is 11.5 Å². The van der Waals surface area contributed by atoms with Crippen molar-refractivity contribution in [2.45, 2.75) is 12.5 Å². The first kappa shape index (κ1) is 19.1. The molecule has 4 nitrogen and oxygen atoms in total. The summed E-state index contributed by atoms with van der Waals surface area (Å²) < 4.78 is 5.64. The molecule has 1 amide bonds. The number of fused-ring (bicyclic) bond motifs is 3. The molecule has 4 heteroatoms. The van der Waals surface area contributed by atoms with E-state index < -0.39 is 0 Å². The Hall–Kier alpha value is -3.92. The second-order valence-corrected chi connectivity index (χ2v) is 7.66. The van der Waals surface area contributed by atoms with Crippen LogP contribution in [0.2, 0.25) is 0 Å². The van der Waals surface area contributed by atoms with Gasteiger partial charge in [-0.25, -0.2) is 4.79 Å². The second kappa shape index (κ2) is 8.07. The molecule has 31 heavy (non-hydrogen) atoms. The molecule has 5 rings (SSSR count). The van der Waals surface area contributed by atoms with Crippen LogP contribution in [0.15, 0.2) is 97.1 Å². The third kappa shape index (κ3) is 3.57. The highest BCUT2D eigenvalue weighted by Crippen LogP contribution is 2.39. The molecule has 0 fully saturated rings. The molecule has 0 saturated carbocycles. The lowest BCUT2D eigenvalue weighted by atomic mass is 10.0. The Labute approximate surface area is 180 Å². The maximum atomic E-state index is 13.6. The molecule has 1 unspecified atom stereocenters. The summed E-state index contributed by atoms with van der Waals surface area (Å²) in [5.74, 6) is -0.468. The van der Waals surface area contributed by atoms with Crippen LogP contribution >= 0.6 is 0 Å². The van der Waals surface area contributed by atoms with Crippen molar-refractivity contribution < 1.29 is 14.3 Å². The van der Waals surface area contributed by atoms with Gasteiger partial charge in [0.15, 0.2) is 0 Å². The van der Waals surface area contributed by atoms with E-state index in [9.17, 15) is 9.59 Å². The van der Waals surface area contributed by atoms with Gasteiger partial charge >= 0.3 is 5.97 Å². The summed E-state index contributed by atoms with van der Waals surface area (Å²) in [5.41, 5.74) is 3.11. The van der Waals surface area contributed by atoms with Crippen LogP contribution in [0.1, 0.15) is 26.3 Å². The standard InChI is InChI=1S/C27H21NO3/c29-26(20-10-3-1-4-11-20)28-23(18-31-27(30)21-12-5-2-6-13-21)17-22-16-15-19-9-7-8-14-24(19)25(22)28/h1-16,23H,17-18H2. The van der Waals surface area contributed by atoms with Gasteiger partial charge in [0.05, 0.1) is 17.3 Å². The van der Waals surface area contributed by atoms with Crippen LogP contribution in [0.25, 0.3) is 10.8 Å². The van der Waals surface area contributed by atoms with Gasteiger partial charge in [0.1, 0.15) is 6.61 Å². The fourth-order valence-electron chi connectivity index (χ4n) is 4.23. The van der Waals surface area contributed by atoms with Crippen LogP contribution in [-0.4, -0.2) is 24.5 Å². The molecule has 0 N–H and O–H groups in total. The number of hydrogen-bond donors (Lipinski definition) is 0. The highest BCUT2D eigenvalue weighted by atomic mass is 16.5. The zero-order chi connectivity index (χ0) is 21.2. The lowest BCUT2D eigenvalue weighted by molar-refractivity contribution is 0.0476. The number of carbonyl (C=O) groups is 2. The molecule has 0 saturated heterocycles. The molecule has 0 radical (unpaired) electrons. The zero-order valence-corrected chi connectivity index (χ0v) is 16.9. The summed E-state index contributed by atoms with van der Waals surface area (Å²) in [6.45, 7) is 0.134. The van der Waals surface area contributed by atoms with Crippen LogP contribution < -0.4 is 4.90 Å². The van der Waals surface area contributed by atoms with Gasteiger partial charge in [0.25, 0.3) is 5.91 Å². The third-order valence-corrected chi connectivity index (χ3v) is 5.70. The van der Waals surface area contributed by atoms with E-state index in [1.165, 1.54) is 0 Å². The average Bonchev–Trinajstić information content (AvgIpc) is 3.22. The van der Waals surface area contributed by atoms with Crippen molar-refractivity contribution >= 4 is 28.3 Å². The van der Waals surface area contributed by atoms with E-state index in [1.54, 1.807) is 24.3 Å².